The molecule has 2 heterocycles. The van der Waals surface area contributed by atoms with E-state index in [9.17, 15) is 9.18 Å². The predicted molar refractivity (Wildman–Crippen MR) is 115 cm³/mol. The monoisotopic (exact) mass is 444 g/mol. The average molecular weight is 445 g/mol. The third kappa shape index (κ3) is 3.85. The summed E-state index contributed by atoms with van der Waals surface area (Å²) in [4.78, 5) is 22.4. The number of hydrogen-bond donors (Lipinski definition) is 0. The lowest BCUT2D eigenvalue weighted by atomic mass is 10.2. The Bertz CT molecular complexity index is 1290. The van der Waals surface area contributed by atoms with Crippen LogP contribution in [-0.4, -0.2) is 19.7 Å². The Labute approximate surface area is 181 Å². The van der Waals surface area contributed by atoms with Gasteiger partial charge in [-0.05, 0) is 37.3 Å². The van der Waals surface area contributed by atoms with Gasteiger partial charge >= 0.3 is 0 Å². The van der Waals surface area contributed by atoms with E-state index in [0.717, 1.165) is 0 Å². The Balaban J connectivity index is 1.84. The first-order valence-corrected chi connectivity index (χ1v) is 10.6. The maximum Gasteiger partial charge on any atom is 0.266 e. The molecule has 0 saturated carbocycles. The van der Waals surface area contributed by atoms with E-state index in [4.69, 9.17) is 16.1 Å². The van der Waals surface area contributed by atoms with Gasteiger partial charge in [0.25, 0.3) is 5.56 Å². The topological polar surface area (TPSA) is 73.8 Å². The van der Waals surface area contributed by atoms with Gasteiger partial charge in [-0.3, -0.25) is 9.36 Å². The zero-order valence-corrected chi connectivity index (χ0v) is 18.0. The van der Waals surface area contributed by atoms with Crippen molar-refractivity contribution in [1.29, 1.82) is 0 Å². The maximum absolute atomic E-state index is 13.7. The fourth-order valence-electron chi connectivity index (χ4n) is 2.90. The summed E-state index contributed by atoms with van der Waals surface area (Å²) in [5.41, 5.74) is 0.717. The van der Waals surface area contributed by atoms with Crippen LogP contribution < -0.4 is 5.56 Å². The predicted octanol–water partition coefficient (Wildman–Crippen LogP) is 5.54. The fraction of sp³-hybridized carbons (Fsp3) is 0.238. The fourth-order valence-corrected chi connectivity index (χ4v) is 4.03. The van der Waals surface area contributed by atoms with Crippen molar-refractivity contribution in [1.82, 2.24) is 19.7 Å². The minimum absolute atomic E-state index is 0.0740. The van der Waals surface area contributed by atoms with Crippen LogP contribution in [0.25, 0.3) is 16.6 Å². The van der Waals surface area contributed by atoms with Crippen molar-refractivity contribution in [2.45, 2.75) is 37.1 Å². The molecule has 0 radical (unpaired) electrons. The van der Waals surface area contributed by atoms with Gasteiger partial charge in [0.15, 0.2) is 11.0 Å². The van der Waals surface area contributed by atoms with Crippen molar-refractivity contribution in [3.8, 4) is 5.69 Å². The first kappa shape index (κ1) is 20.6. The lowest BCUT2D eigenvalue weighted by Crippen LogP contribution is -2.22. The van der Waals surface area contributed by atoms with E-state index in [-0.39, 0.29) is 21.7 Å². The van der Waals surface area contributed by atoms with E-state index in [0.29, 0.717) is 33.5 Å². The lowest BCUT2D eigenvalue weighted by Gasteiger charge is -2.15. The SMILES string of the molecule is CC(C)c1noc(C(C)Sc2nc3ccccc3c(=O)n2-c2ccc(F)c(Cl)c2)n1. The van der Waals surface area contributed by atoms with Crippen LogP contribution in [0.4, 0.5) is 4.39 Å². The van der Waals surface area contributed by atoms with Crippen molar-refractivity contribution in [3.05, 3.63) is 75.4 Å². The first-order chi connectivity index (χ1) is 14.3. The van der Waals surface area contributed by atoms with E-state index in [1.54, 1.807) is 18.2 Å². The van der Waals surface area contributed by atoms with Crippen molar-refractivity contribution in [3.63, 3.8) is 0 Å². The molecule has 1 atom stereocenters. The molecule has 0 amide bonds. The van der Waals surface area contributed by atoms with Crippen LogP contribution in [0.1, 0.15) is 43.7 Å². The highest BCUT2D eigenvalue weighted by atomic mass is 35.5. The number of fused-ring (bicyclic) bond motifs is 1. The van der Waals surface area contributed by atoms with Crippen LogP contribution in [0.15, 0.2) is 56.9 Å². The molecule has 6 nitrogen and oxygen atoms in total. The van der Waals surface area contributed by atoms with E-state index >= 15 is 0 Å². The molecule has 154 valence electrons. The van der Waals surface area contributed by atoms with Gasteiger partial charge in [0, 0.05) is 5.92 Å². The minimum Gasteiger partial charge on any atom is -0.338 e. The summed E-state index contributed by atoms with van der Waals surface area (Å²) in [7, 11) is 0. The molecule has 4 rings (SSSR count). The number of nitrogens with zero attached hydrogens (tertiary/aromatic N) is 4. The smallest absolute Gasteiger partial charge is 0.266 e. The van der Waals surface area contributed by atoms with E-state index < -0.39 is 5.82 Å². The Morgan fingerprint density at radius 3 is 2.60 bits per heavy atom. The molecule has 0 bridgehead atoms. The largest absolute Gasteiger partial charge is 0.338 e. The second-order valence-corrected chi connectivity index (χ2v) is 8.77. The van der Waals surface area contributed by atoms with E-state index in [1.807, 2.05) is 26.8 Å². The number of hydrogen-bond acceptors (Lipinski definition) is 6. The maximum atomic E-state index is 13.7. The molecule has 0 aliphatic rings. The van der Waals surface area contributed by atoms with Crippen LogP contribution in [-0.2, 0) is 0 Å². The molecule has 4 aromatic rings. The summed E-state index contributed by atoms with van der Waals surface area (Å²) in [6, 6.07) is 11.2. The summed E-state index contributed by atoms with van der Waals surface area (Å²) >= 11 is 7.27. The highest BCUT2D eigenvalue weighted by Crippen LogP contribution is 2.35. The standard InChI is InChI=1S/C21H18ClFN4O2S/c1-11(2)18-25-19(29-26-18)12(3)30-21-24-17-7-5-4-6-14(17)20(28)27(21)13-8-9-16(23)15(22)10-13/h4-12H,1-3H3. The highest BCUT2D eigenvalue weighted by molar-refractivity contribution is 7.99. The van der Waals surface area contributed by atoms with Crippen molar-refractivity contribution in [2.24, 2.45) is 0 Å². The van der Waals surface area contributed by atoms with Crippen LogP contribution in [0.5, 0.6) is 0 Å². The van der Waals surface area contributed by atoms with E-state index in [2.05, 4.69) is 15.1 Å². The Morgan fingerprint density at radius 2 is 1.90 bits per heavy atom. The molecule has 30 heavy (non-hydrogen) atoms. The third-order valence-electron chi connectivity index (χ3n) is 4.51. The number of aromatic nitrogens is 4. The highest BCUT2D eigenvalue weighted by Gasteiger charge is 2.22. The quantitative estimate of drug-likeness (QED) is 0.297. The number of thioether (sulfide) groups is 1. The molecular weight excluding hydrogens is 427 g/mol. The van der Waals surface area contributed by atoms with Crippen LogP contribution >= 0.6 is 23.4 Å². The molecule has 9 heteroatoms. The number of para-hydroxylation sites is 1. The van der Waals surface area contributed by atoms with Gasteiger partial charge in [0.2, 0.25) is 5.89 Å². The Morgan fingerprint density at radius 1 is 1.13 bits per heavy atom. The van der Waals surface area contributed by atoms with Gasteiger partial charge in [0.05, 0.1) is 26.9 Å². The van der Waals surface area contributed by atoms with Gasteiger partial charge in [-0.25, -0.2) is 9.37 Å². The average Bonchev–Trinajstić information content (AvgIpc) is 3.21. The Kier molecular flexibility index (Phi) is 5.62. The molecular formula is C21H18ClFN4O2S. The summed E-state index contributed by atoms with van der Waals surface area (Å²) in [5.74, 6) is 0.635. The number of benzene rings is 2. The van der Waals surface area contributed by atoms with Gasteiger partial charge in [-0.15, -0.1) is 0 Å². The lowest BCUT2D eigenvalue weighted by molar-refractivity contribution is 0.373. The van der Waals surface area contributed by atoms with E-state index in [1.165, 1.54) is 34.5 Å². The summed E-state index contributed by atoms with van der Waals surface area (Å²) < 4.78 is 20.5. The summed E-state index contributed by atoms with van der Waals surface area (Å²) in [6.07, 6.45) is 0. The van der Waals surface area contributed by atoms with Gasteiger partial charge in [-0.1, -0.05) is 54.5 Å². The third-order valence-corrected chi connectivity index (χ3v) is 5.84. The molecule has 0 aliphatic heterocycles. The van der Waals surface area contributed by atoms with Crippen LogP contribution in [0, 0.1) is 5.82 Å². The first-order valence-electron chi connectivity index (χ1n) is 9.32. The molecule has 0 saturated heterocycles. The van der Waals surface area contributed by atoms with Gasteiger partial charge in [-0.2, -0.15) is 4.98 Å². The molecule has 0 fully saturated rings. The van der Waals surface area contributed by atoms with Crippen molar-refractivity contribution < 1.29 is 8.91 Å². The van der Waals surface area contributed by atoms with Crippen LogP contribution in [0.2, 0.25) is 5.02 Å². The zero-order valence-electron chi connectivity index (χ0n) is 16.5. The zero-order chi connectivity index (χ0) is 21.4. The molecule has 0 aliphatic carbocycles. The number of rotatable bonds is 5. The molecule has 0 N–H and O–H groups in total. The Hall–Kier alpha value is -2.71. The second-order valence-electron chi connectivity index (χ2n) is 7.06. The normalized spacial score (nSPS) is 12.6. The second kappa shape index (κ2) is 8.20. The summed E-state index contributed by atoms with van der Waals surface area (Å²) in [6.45, 7) is 5.85. The van der Waals surface area contributed by atoms with Crippen molar-refractivity contribution >= 4 is 34.3 Å². The van der Waals surface area contributed by atoms with Gasteiger partial charge < -0.3 is 4.52 Å². The van der Waals surface area contributed by atoms with Gasteiger partial charge in [0.1, 0.15) is 5.82 Å². The molecule has 2 aromatic heterocycles. The van der Waals surface area contributed by atoms with Crippen molar-refractivity contribution in [2.75, 3.05) is 0 Å². The molecule has 1 unspecified atom stereocenters. The number of halogens is 2. The molecule has 0 spiro atoms. The molecule has 2 aromatic carbocycles. The minimum atomic E-state index is -0.558. The summed E-state index contributed by atoms with van der Waals surface area (Å²) in [5, 5.41) is 4.53. The van der Waals surface area contributed by atoms with Crippen LogP contribution in [0.3, 0.4) is 0 Å².